The van der Waals surface area contributed by atoms with Crippen LogP contribution < -0.4 is 5.32 Å². The molecule has 1 heterocycles. The van der Waals surface area contributed by atoms with Crippen LogP contribution in [0, 0.1) is 0 Å². The third-order valence-electron chi connectivity index (χ3n) is 2.07. The van der Waals surface area contributed by atoms with Gasteiger partial charge >= 0.3 is 0 Å². The Morgan fingerprint density at radius 1 is 1.46 bits per heavy atom. The van der Waals surface area contributed by atoms with Crippen molar-refractivity contribution in [2.24, 2.45) is 4.99 Å². The summed E-state index contributed by atoms with van der Waals surface area (Å²) in [5.74, 6) is 0.921. The number of aliphatic imine (C=N–C) groups is 1. The first-order valence-corrected chi connectivity index (χ1v) is 4.47. The lowest BCUT2D eigenvalue weighted by Crippen LogP contribution is -2.24. The molecule has 0 fully saturated rings. The Hall–Kier alpha value is -1.31. The minimum Gasteiger partial charge on any atom is -0.344 e. The first-order chi connectivity index (χ1) is 6.15. The largest absolute Gasteiger partial charge is 0.344 e. The molecule has 2 heteroatoms. The van der Waals surface area contributed by atoms with Gasteiger partial charge in [0.25, 0.3) is 0 Å². The predicted octanol–water partition coefficient (Wildman–Crippen LogP) is 2.76. The van der Waals surface area contributed by atoms with E-state index in [1.54, 1.807) is 0 Å². The molecule has 0 radical (unpaired) electrons. The van der Waals surface area contributed by atoms with Crippen molar-refractivity contribution in [3.8, 4) is 0 Å². The van der Waals surface area contributed by atoms with Crippen LogP contribution in [0.3, 0.4) is 0 Å². The van der Waals surface area contributed by atoms with Gasteiger partial charge in [-0.25, -0.2) is 4.99 Å². The highest BCUT2D eigenvalue weighted by Crippen LogP contribution is 2.21. The molecule has 0 unspecified atom stereocenters. The Labute approximate surface area is 79.8 Å². The molecule has 13 heavy (non-hydrogen) atoms. The average Bonchev–Trinajstić information content (AvgIpc) is 2.02. The number of rotatable bonds is 3. The van der Waals surface area contributed by atoms with Crippen LogP contribution in [0.1, 0.15) is 26.7 Å². The van der Waals surface area contributed by atoms with Crippen LogP contribution in [0.25, 0.3) is 0 Å². The Balaban J connectivity index is 2.83. The minimum absolute atomic E-state index is 0.921. The van der Waals surface area contributed by atoms with Gasteiger partial charge in [-0.05, 0) is 32.3 Å². The van der Waals surface area contributed by atoms with Crippen LogP contribution in [0.5, 0.6) is 0 Å². The van der Waals surface area contributed by atoms with Crippen molar-refractivity contribution in [1.82, 2.24) is 5.32 Å². The molecule has 0 spiro atoms. The third-order valence-corrected chi connectivity index (χ3v) is 2.07. The Morgan fingerprint density at radius 2 is 2.15 bits per heavy atom. The van der Waals surface area contributed by atoms with Crippen LogP contribution in [-0.4, -0.2) is 5.84 Å². The highest BCUT2D eigenvalue weighted by Gasteiger charge is 2.11. The molecule has 1 aliphatic heterocycles. The summed E-state index contributed by atoms with van der Waals surface area (Å²) in [7, 11) is 0. The van der Waals surface area contributed by atoms with Crippen LogP contribution in [0.2, 0.25) is 0 Å². The molecular weight excluding hydrogens is 160 g/mol. The van der Waals surface area contributed by atoms with Gasteiger partial charge in [-0.1, -0.05) is 12.7 Å². The van der Waals surface area contributed by atoms with E-state index in [1.807, 2.05) is 19.9 Å². The van der Waals surface area contributed by atoms with Gasteiger partial charge in [0.1, 0.15) is 5.84 Å². The van der Waals surface area contributed by atoms with E-state index >= 15 is 0 Å². The van der Waals surface area contributed by atoms with Crippen molar-refractivity contribution in [2.45, 2.75) is 26.7 Å². The number of hydrogen-bond donors (Lipinski definition) is 1. The van der Waals surface area contributed by atoms with Crippen molar-refractivity contribution in [2.75, 3.05) is 0 Å². The SMILES string of the molecule is C=CCCC1=C(C)N=C(C)NC1=C. The first-order valence-electron chi connectivity index (χ1n) is 4.47. The highest BCUT2D eigenvalue weighted by atomic mass is 15.0. The topological polar surface area (TPSA) is 24.4 Å². The fourth-order valence-electron chi connectivity index (χ4n) is 1.44. The second-order valence-corrected chi connectivity index (χ2v) is 3.19. The summed E-state index contributed by atoms with van der Waals surface area (Å²) in [5.41, 5.74) is 3.26. The quantitative estimate of drug-likeness (QED) is 0.657. The van der Waals surface area contributed by atoms with Gasteiger partial charge < -0.3 is 5.32 Å². The van der Waals surface area contributed by atoms with Crippen LogP contribution in [0.15, 0.2) is 41.2 Å². The summed E-state index contributed by atoms with van der Waals surface area (Å²) in [6.07, 6.45) is 3.86. The van der Waals surface area contributed by atoms with Gasteiger partial charge in [-0.2, -0.15) is 0 Å². The van der Waals surface area contributed by atoms with E-state index in [0.717, 1.165) is 30.1 Å². The Kier molecular flexibility index (Phi) is 3.07. The molecular formula is C11H16N2. The van der Waals surface area contributed by atoms with Crippen LogP contribution >= 0.6 is 0 Å². The molecule has 0 aliphatic carbocycles. The van der Waals surface area contributed by atoms with E-state index in [9.17, 15) is 0 Å². The molecule has 1 N–H and O–H groups in total. The molecule has 0 atom stereocenters. The lowest BCUT2D eigenvalue weighted by atomic mass is 10.0. The monoisotopic (exact) mass is 176 g/mol. The molecule has 0 saturated heterocycles. The summed E-state index contributed by atoms with van der Waals surface area (Å²) >= 11 is 0. The number of nitrogens with zero attached hydrogens (tertiary/aromatic N) is 1. The van der Waals surface area contributed by atoms with Gasteiger partial charge in [-0.3, -0.25) is 0 Å². The standard InChI is InChI=1S/C11H16N2/c1-5-6-7-11-8(2)12-10(4)13-9(11)3/h5H,1-2,6-7H2,3-4H3,(H,12,13). The summed E-state index contributed by atoms with van der Waals surface area (Å²) in [6.45, 7) is 11.6. The second kappa shape index (κ2) is 4.08. The van der Waals surface area contributed by atoms with E-state index in [0.29, 0.717) is 0 Å². The molecule has 0 amide bonds. The van der Waals surface area contributed by atoms with Crippen LogP contribution in [-0.2, 0) is 0 Å². The van der Waals surface area contributed by atoms with Crippen molar-refractivity contribution in [3.05, 3.63) is 36.2 Å². The molecule has 1 aliphatic rings. The summed E-state index contributed by atoms with van der Waals surface area (Å²) < 4.78 is 0. The molecule has 0 saturated carbocycles. The van der Waals surface area contributed by atoms with E-state index in [4.69, 9.17) is 0 Å². The number of allylic oxidation sites excluding steroid dienone is 3. The maximum absolute atomic E-state index is 4.36. The predicted molar refractivity (Wildman–Crippen MR) is 57.5 cm³/mol. The summed E-state index contributed by atoms with van der Waals surface area (Å²) in [4.78, 5) is 4.36. The maximum Gasteiger partial charge on any atom is 0.103 e. The normalized spacial score (nSPS) is 16.8. The fraction of sp³-hybridized carbons (Fsp3) is 0.364. The summed E-state index contributed by atoms with van der Waals surface area (Å²) in [6, 6.07) is 0. The zero-order chi connectivity index (χ0) is 9.84. The van der Waals surface area contributed by atoms with E-state index in [-0.39, 0.29) is 0 Å². The molecule has 0 aromatic rings. The van der Waals surface area contributed by atoms with Crippen LogP contribution in [0.4, 0.5) is 0 Å². The smallest absolute Gasteiger partial charge is 0.103 e. The molecule has 1 rings (SSSR count). The third kappa shape index (κ3) is 2.31. The van der Waals surface area contributed by atoms with Gasteiger partial charge in [0.2, 0.25) is 0 Å². The van der Waals surface area contributed by atoms with E-state index in [2.05, 4.69) is 23.5 Å². The number of nitrogens with one attached hydrogen (secondary N) is 1. The second-order valence-electron chi connectivity index (χ2n) is 3.19. The average molecular weight is 176 g/mol. The maximum atomic E-state index is 4.36. The molecule has 0 aromatic carbocycles. The molecule has 70 valence electrons. The van der Waals surface area contributed by atoms with Crippen molar-refractivity contribution >= 4 is 5.84 Å². The molecule has 0 bridgehead atoms. The fourth-order valence-corrected chi connectivity index (χ4v) is 1.44. The highest BCUT2D eigenvalue weighted by molar-refractivity contribution is 5.84. The summed E-state index contributed by atoms with van der Waals surface area (Å²) in [5, 5.41) is 3.13. The van der Waals surface area contributed by atoms with Crippen molar-refractivity contribution < 1.29 is 0 Å². The van der Waals surface area contributed by atoms with Crippen molar-refractivity contribution in [3.63, 3.8) is 0 Å². The number of amidine groups is 1. The zero-order valence-electron chi connectivity index (χ0n) is 8.35. The zero-order valence-corrected chi connectivity index (χ0v) is 8.35. The van der Waals surface area contributed by atoms with Gasteiger partial charge in [-0.15, -0.1) is 6.58 Å². The first kappa shape index (κ1) is 9.78. The Morgan fingerprint density at radius 3 is 2.69 bits per heavy atom. The minimum atomic E-state index is 0.921. The lowest BCUT2D eigenvalue weighted by Gasteiger charge is -2.19. The lowest BCUT2D eigenvalue weighted by molar-refractivity contribution is 0.905. The number of hydrogen-bond acceptors (Lipinski definition) is 2. The van der Waals surface area contributed by atoms with Gasteiger partial charge in [0.05, 0.1) is 0 Å². The van der Waals surface area contributed by atoms with Gasteiger partial charge in [0, 0.05) is 11.4 Å². The Bertz CT molecular complexity index is 295. The molecule has 2 nitrogen and oxygen atoms in total. The van der Waals surface area contributed by atoms with E-state index < -0.39 is 0 Å². The van der Waals surface area contributed by atoms with E-state index in [1.165, 1.54) is 5.57 Å². The van der Waals surface area contributed by atoms with Gasteiger partial charge in [0.15, 0.2) is 0 Å². The van der Waals surface area contributed by atoms with Crippen molar-refractivity contribution in [1.29, 1.82) is 0 Å². The molecule has 0 aromatic heterocycles.